The summed E-state index contributed by atoms with van der Waals surface area (Å²) in [6.45, 7) is 7.15. The molecule has 19 heavy (non-hydrogen) atoms. The number of ether oxygens (including phenoxy) is 1. The SMILES string of the molecule is CCOC(=NOC(=O)N(C)SC(C)(C)C#N)C(C)=S. The maximum atomic E-state index is 11.6. The second kappa shape index (κ2) is 7.96. The third-order valence-corrected chi connectivity index (χ3v) is 2.83. The van der Waals surface area contributed by atoms with Crippen molar-refractivity contribution in [3.8, 4) is 6.07 Å². The van der Waals surface area contributed by atoms with Crippen molar-refractivity contribution in [2.75, 3.05) is 13.7 Å². The summed E-state index contributed by atoms with van der Waals surface area (Å²) in [5, 5.41) is 12.4. The summed E-state index contributed by atoms with van der Waals surface area (Å²) >= 11 is 5.94. The van der Waals surface area contributed by atoms with E-state index in [0.29, 0.717) is 11.5 Å². The molecule has 0 spiro atoms. The Balaban J connectivity index is 4.57. The van der Waals surface area contributed by atoms with Gasteiger partial charge in [0.25, 0.3) is 5.90 Å². The number of carbonyl (C=O) groups is 1. The molecule has 0 saturated carbocycles. The number of hydrogen-bond donors (Lipinski definition) is 0. The molecule has 0 aromatic heterocycles. The van der Waals surface area contributed by atoms with Gasteiger partial charge < -0.3 is 4.74 Å². The molecule has 0 heterocycles. The second-order valence-corrected chi connectivity index (χ2v) is 6.32. The predicted octanol–water partition coefficient (Wildman–Crippen LogP) is 2.74. The van der Waals surface area contributed by atoms with E-state index in [1.54, 1.807) is 27.7 Å². The second-order valence-electron chi connectivity index (χ2n) is 3.95. The lowest BCUT2D eigenvalue weighted by atomic mass is 10.2. The lowest BCUT2D eigenvalue weighted by molar-refractivity contribution is 0.132. The van der Waals surface area contributed by atoms with Crippen molar-refractivity contribution in [1.29, 1.82) is 5.26 Å². The lowest BCUT2D eigenvalue weighted by Gasteiger charge is -2.21. The summed E-state index contributed by atoms with van der Waals surface area (Å²) < 4.78 is 5.56. The van der Waals surface area contributed by atoms with Crippen LogP contribution in [0.4, 0.5) is 4.79 Å². The molecule has 0 bridgehead atoms. The van der Waals surface area contributed by atoms with Crippen molar-refractivity contribution in [1.82, 2.24) is 4.31 Å². The first-order chi connectivity index (χ1) is 8.73. The third-order valence-electron chi connectivity index (χ3n) is 1.68. The van der Waals surface area contributed by atoms with E-state index in [1.165, 1.54) is 11.4 Å². The summed E-state index contributed by atoms with van der Waals surface area (Å²) in [6, 6.07) is 2.06. The molecular formula is C11H17N3O3S2. The number of thiocarbonyl (C=S) groups is 1. The minimum Gasteiger partial charge on any atom is -0.475 e. The summed E-state index contributed by atoms with van der Waals surface area (Å²) in [4.78, 5) is 16.7. The van der Waals surface area contributed by atoms with Crippen LogP contribution in [-0.2, 0) is 9.57 Å². The monoisotopic (exact) mass is 303 g/mol. The standard InChI is InChI=1S/C11H17N3O3S2/c1-6-16-9(8(2)18)13-17-10(15)14(5)19-11(3,4)7-12/h6H2,1-5H3. The topological polar surface area (TPSA) is 74.9 Å². The van der Waals surface area contributed by atoms with Crippen LogP contribution in [0.15, 0.2) is 5.16 Å². The highest BCUT2D eigenvalue weighted by atomic mass is 32.2. The fraction of sp³-hybridized carbons (Fsp3) is 0.636. The largest absolute Gasteiger partial charge is 0.475 e. The number of rotatable bonds is 5. The van der Waals surface area contributed by atoms with Crippen molar-refractivity contribution in [3.05, 3.63) is 0 Å². The summed E-state index contributed by atoms with van der Waals surface area (Å²) in [7, 11) is 1.49. The molecule has 0 aromatic rings. The molecule has 0 aliphatic carbocycles. The molecule has 8 heteroatoms. The molecule has 0 aromatic carbocycles. The van der Waals surface area contributed by atoms with Crippen LogP contribution < -0.4 is 0 Å². The van der Waals surface area contributed by atoms with Crippen molar-refractivity contribution >= 4 is 41.0 Å². The Kier molecular flexibility index (Phi) is 7.41. The van der Waals surface area contributed by atoms with E-state index in [4.69, 9.17) is 27.1 Å². The molecule has 0 aliphatic rings. The van der Waals surface area contributed by atoms with Gasteiger partial charge in [0.05, 0.1) is 17.5 Å². The molecular weight excluding hydrogens is 286 g/mol. The zero-order valence-electron chi connectivity index (χ0n) is 11.6. The quantitative estimate of drug-likeness (QED) is 0.194. The molecule has 0 atom stereocenters. The highest BCUT2D eigenvalue weighted by molar-refractivity contribution is 7.99. The molecule has 106 valence electrons. The Morgan fingerprint density at radius 2 is 2.16 bits per heavy atom. The van der Waals surface area contributed by atoms with Crippen molar-refractivity contribution in [2.24, 2.45) is 5.16 Å². The Morgan fingerprint density at radius 3 is 2.58 bits per heavy atom. The van der Waals surface area contributed by atoms with Crippen LogP contribution in [0.25, 0.3) is 0 Å². The van der Waals surface area contributed by atoms with Gasteiger partial charge in [-0.15, -0.1) is 0 Å². The number of nitrogens with zero attached hydrogens (tertiary/aromatic N) is 3. The Labute approximate surface area is 122 Å². The molecule has 0 aliphatic heterocycles. The zero-order valence-corrected chi connectivity index (χ0v) is 13.2. The normalized spacial score (nSPS) is 11.5. The molecule has 0 N–H and O–H groups in total. The van der Waals surface area contributed by atoms with E-state index in [9.17, 15) is 4.79 Å². The first-order valence-electron chi connectivity index (χ1n) is 5.50. The number of carbonyl (C=O) groups excluding carboxylic acids is 1. The number of nitriles is 1. The van der Waals surface area contributed by atoms with Crippen LogP contribution in [-0.4, -0.2) is 39.6 Å². The highest BCUT2D eigenvalue weighted by Gasteiger charge is 2.24. The van der Waals surface area contributed by atoms with Gasteiger partial charge in [0.15, 0.2) is 0 Å². The maximum absolute atomic E-state index is 11.6. The fourth-order valence-corrected chi connectivity index (χ4v) is 1.80. The summed E-state index contributed by atoms with van der Waals surface area (Å²) in [5.74, 6) is 0.101. The average molecular weight is 303 g/mol. The first-order valence-corrected chi connectivity index (χ1v) is 6.68. The summed E-state index contributed by atoms with van der Waals surface area (Å²) in [6.07, 6.45) is -0.707. The van der Waals surface area contributed by atoms with Gasteiger partial charge in [0.1, 0.15) is 4.75 Å². The Hall–Kier alpha value is -1.33. The van der Waals surface area contributed by atoms with Gasteiger partial charge in [0.2, 0.25) is 0 Å². The van der Waals surface area contributed by atoms with E-state index in [-0.39, 0.29) is 5.90 Å². The van der Waals surface area contributed by atoms with Crippen LogP contribution in [0.1, 0.15) is 27.7 Å². The fourth-order valence-electron chi connectivity index (χ4n) is 0.867. The van der Waals surface area contributed by atoms with Gasteiger partial charge in [0, 0.05) is 7.05 Å². The van der Waals surface area contributed by atoms with Crippen LogP contribution in [0.2, 0.25) is 0 Å². The third kappa shape index (κ3) is 6.98. The van der Waals surface area contributed by atoms with Crippen LogP contribution in [0, 0.1) is 11.3 Å². The smallest absolute Gasteiger partial charge is 0.445 e. The molecule has 0 radical (unpaired) electrons. The average Bonchev–Trinajstić information content (AvgIpc) is 2.33. The Bertz CT molecular complexity index is 416. The number of oxime groups is 1. The van der Waals surface area contributed by atoms with E-state index in [2.05, 4.69) is 11.2 Å². The Morgan fingerprint density at radius 1 is 1.58 bits per heavy atom. The van der Waals surface area contributed by atoms with E-state index in [1.807, 2.05) is 0 Å². The maximum Gasteiger partial charge on any atom is 0.445 e. The van der Waals surface area contributed by atoms with Gasteiger partial charge in [-0.05, 0) is 44.8 Å². The van der Waals surface area contributed by atoms with Crippen molar-refractivity contribution < 1.29 is 14.4 Å². The zero-order chi connectivity index (χ0) is 15.1. The van der Waals surface area contributed by atoms with Gasteiger partial charge in [-0.3, -0.25) is 9.14 Å². The molecule has 1 amide bonds. The van der Waals surface area contributed by atoms with Gasteiger partial charge >= 0.3 is 6.09 Å². The van der Waals surface area contributed by atoms with Crippen molar-refractivity contribution in [2.45, 2.75) is 32.4 Å². The molecule has 0 unspecified atom stereocenters. The number of hydrogen-bond acceptors (Lipinski definition) is 7. The first kappa shape index (κ1) is 17.7. The molecule has 6 nitrogen and oxygen atoms in total. The predicted molar refractivity (Wildman–Crippen MR) is 78.9 cm³/mol. The van der Waals surface area contributed by atoms with Crippen molar-refractivity contribution in [3.63, 3.8) is 0 Å². The molecule has 0 rings (SSSR count). The van der Waals surface area contributed by atoms with Gasteiger partial charge in [-0.2, -0.15) is 5.26 Å². The minimum absolute atomic E-state index is 0.101. The number of amides is 1. The summed E-state index contributed by atoms with van der Waals surface area (Å²) in [5.41, 5.74) is 0. The van der Waals surface area contributed by atoms with E-state index in [0.717, 1.165) is 11.9 Å². The lowest BCUT2D eigenvalue weighted by Crippen LogP contribution is -2.27. The van der Waals surface area contributed by atoms with E-state index < -0.39 is 10.8 Å². The van der Waals surface area contributed by atoms with Gasteiger partial charge in [-0.1, -0.05) is 12.2 Å². The van der Waals surface area contributed by atoms with Crippen LogP contribution in [0.5, 0.6) is 0 Å². The van der Waals surface area contributed by atoms with E-state index >= 15 is 0 Å². The minimum atomic E-state index is -0.736. The van der Waals surface area contributed by atoms with Crippen LogP contribution in [0.3, 0.4) is 0 Å². The van der Waals surface area contributed by atoms with Crippen LogP contribution >= 0.6 is 24.2 Å². The van der Waals surface area contributed by atoms with Gasteiger partial charge in [-0.25, -0.2) is 4.79 Å². The molecule has 0 fully saturated rings. The molecule has 0 saturated heterocycles. The highest BCUT2D eigenvalue weighted by Crippen LogP contribution is 2.26.